The van der Waals surface area contributed by atoms with Crippen LogP contribution in [0.4, 0.5) is 14.5 Å². The molecule has 1 aromatic heterocycles. The topological polar surface area (TPSA) is 38.9 Å². The molecule has 2 aromatic rings. The van der Waals surface area contributed by atoms with Crippen LogP contribution in [0.15, 0.2) is 12.3 Å². The summed E-state index contributed by atoms with van der Waals surface area (Å²) in [7, 11) is 0. The number of rotatable bonds is 0. The number of halogens is 3. The molecule has 0 saturated carbocycles. The SMILES string of the molecule is Cc1cnc2c(N)c(F)c(F)cc2c1Cl. The fraction of sp³-hybridized carbons (Fsp3) is 0.100. The smallest absolute Gasteiger partial charge is 0.183 e. The first-order valence-corrected chi connectivity index (χ1v) is 4.58. The van der Waals surface area contributed by atoms with Crippen molar-refractivity contribution >= 4 is 28.2 Å². The summed E-state index contributed by atoms with van der Waals surface area (Å²) >= 11 is 5.94. The second-order valence-electron chi connectivity index (χ2n) is 3.24. The predicted octanol–water partition coefficient (Wildman–Crippen LogP) is 3.06. The van der Waals surface area contributed by atoms with E-state index in [0.29, 0.717) is 16.0 Å². The number of hydrogen-bond donors (Lipinski definition) is 1. The number of hydrogen-bond acceptors (Lipinski definition) is 2. The minimum atomic E-state index is -1.09. The molecule has 5 heteroatoms. The average Bonchev–Trinajstić information content (AvgIpc) is 2.21. The van der Waals surface area contributed by atoms with E-state index in [4.69, 9.17) is 17.3 Å². The van der Waals surface area contributed by atoms with Crippen LogP contribution in [0, 0.1) is 18.6 Å². The van der Waals surface area contributed by atoms with Crippen molar-refractivity contribution in [1.29, 1.82) is 0 Å². The molecule has 1 heterocycles. The van der Waals surface area contributed by atoms with Crippen molar-refractivity contribution in [3.8, 4) is 0 Å². The van der Waals surface area contributed by atoms with Crippen LogP contribution in [0.1, 0.15) is 5.56 Å². The number of nitrogens with two attached hydrogens (primary N) is 1. The molecule has 0 aliphatic carbocycles. The number of aromatic nitrogens is 1. The molecule has 0 spiro atoms. The van der Waals surface area contributed by atoms with Gasteiger partial charge in [0.15, 0.2) is 11.6 Å². The predicted molar refractivity (Wildman–Crippen MR) is 55.8 cm³/mol. The molecule has 78 valence electrons. The Bertz CT molecular complexity index is 555. The summed E-state index contributed by atoms with van der Waals surface area (Å²) in [5.41, 5.74) is 5.96. The van der Waals surface area contributed by atoms with Gasteiger partial charge < -0.3 is 5.73 Å². The number of fused-ring (bicyclic) bond motifs is 1. The van der Waals surface area contributed by atoms with E-state index < -0.39 is 11.6 Å². The monoisotopic (exact) mass is 228 g/mol. The Morgan fingerprint density at radius 3 is 2.73 bits per heavy atom. The number of anilines is 1. The molecule has 15 heavy (non-hydrogen) atoms. The van der Waals surface area contributed by atoms with Gasteiger partial charge in [-0.3, -0.25) is 4.98 Å². The Kier molecular flexibility index (Phi) is 2.23. The third kappa shape index (κ3) is 1.41. The summed E-state index contributed by atoms with van der Waals surface area (Å²) in [5.74, 6) is -2.11. The van der Waals surface area contributed by atoms with E-state index in [1.54, 1.807) is 6.92 Å². The second kappa shape index (κ2) is 3.31. The number of nitrogens with zero attached hydrogens (tertiary/aromatic N) is 1. The zero-order chi connectivity index (χ0) is 11.2. The molecule has 0 amide bonds. The van der Waals surface area contributed by atoms with Gasteiger partial charge in [-0.15, -0.1) is 0 Å². The molecular formula is C10H7ClF2N2. The molecule has 0 saturated heterocycles. The van der Waals surface area contributed by atoms with Crippen LogP contribution >= 0.6 is 11.6 Å². The van der Waals surface area contributed by atoms with Crippen molar-refractivity contribution in [1.82, 2.24) is 4.98 Å². The van der Waals surface area contributed by atoms with E-state index in [1.807, 2.05) is 0 Å². The van der Waals surface area contributed by atoms with Gasteiger partial charge in [0.2, 0.25) is 0 Å². The number of pyridine rings is 1. The van der Waals surface area contributed by atoms with Crippen LogP contribution in [0.3, 0.4) is 0 Å². The van der Waals surface area contributed by atoms with Crippen LogP contribution in [0.2, 0.25) is 5.02 Å². The highest BCUT2D eigenvalue weighted by molar-refractivity contribution is 6.36. The molecule has 1 aromatic carbocycles. The van der Waals surface area contributed by atoms with E-state index in [9.17, 15) is 8.78 Å². The quantitative estimate of drug-likeness (QED) is 0.704. The van der Waals surface area contributed by atoms with E-state index >= 15 is 0 Å². The van der Waals surface area contributed by atoms with Gasteiger partial charge in [-0.2, -0.15) is 0 Å². The van der Waals surface area contributed by atoms with E-state index in [0.717, 1.165) is 6.07 Å². The molecule has 0 bridgehead atoms. The lowest BCUT2D eigenvalue weighted by molar-refractivity contribution is 0.514. The van der Waals surface area contributed by atoms with Crippen molar-refractivity contribution < 1.29 is 8.78 Å². The lowest BCUT2D eigenvalue weighted by atomic mass is 10.1. The van der Waals surface area contributed by atoms with Gasteiger partial charge in [-0.05, 0) is 18.6 Å². The van der Waals surface area contributed by atoms with Gasteiger partial charge in [-0.1, -0.05) is 11.6 Å². The number of aryl methyl sites for hydroxylation is 1. The molecule has 2 rings (SSSR count). The fourth-order valence-corrected chi connectivity index (χ4v) is 1.57. The van der Waals surface area contributed by atoms with Gasteiger partial charge in [0.25, 0.3) is 0 Å². The Balaban J connectivity index is 2.98. The summed E-state index contributed by atoms with van der Waals surface area (Å²) in [5, 5.41) is 0.665. The standard InChI is InChI=1S/C10H7ClF2N2/c1-4-3-15-10-5(7(4)11)2-6(12)8(13)9(10)14/h2-3H,14H2,1H3. The average molecular weight is 229 g/mol. The summed E-state index contributed by atoms with van der Waals surface area (Å²) in [6.07, 6.45) is 1.47. The first-order valence-electron chi connectivity index (χ1n) is 4.20. The highest BCUT2D eigenvalue weighted by Gasteiger charge is 2.14. The molecule has 2 nitrogen and oxygen atoms in total. The zero-order valence-corrected chi connectivity index (χ0v) is 8.57. The largest absolute Gasteiger partial charge is 0.394 e. The maximum atomic E-state index is 13.1. The van der Waals surface area contributed by atoms with Gasteiger partial charge >= 0.3 is 0 Å². The van der Waals surface area contributed by atoms with E-state index in [1.165, 1.54) is 6.20 Å². The van der Waals surface area contributed by atoms with Gasteiger partial charge in [0, 0.05) is 11.6 Å². The Morgan fingerprint density at radius 2 is 2.07 bits per heavy atom. The van der Waals surface area contributed by atoms with Crippen LogP contribution < -0.4 is 5.73 Å². The lowest BCUT2D eigenvalue weighted by Gasteiger charge is -2.06. The maximum Gasteiger partial charge on any atom is 0.183 e. The van der Waals surface area contributed by atoms with Crippen LogP contribution in [-0.4, -0.2) is 4.98 Å². The third-order valence-corrected chi connectivity index (χ3v) is 2.70. The molecule has 0 fully saturated rings. The molecule has 0 atom stereocenters. The normalized spacial score (nSPS) is 10.9. The van der Waals surface area contributed by atoms with Gasteiger partial charge in [-0.25, -0.2) is 8.78 Å². The van der Waals surface area contributed by atoms with Gasteiger partial charge in [0.05, 0.1) is 16.2 Å². The summed E-state index contributed by atoms with van der Waals surface area (Å²) in [6.45, 7) is 1.73. The molecule has 0 radical (unpaired) electrons. The first-order chi connectivity index (χ1) is 7.02. The van der Waals surface area contributed by atoms with Crippen molar-refractivity contribution in [2.75, 3.05) is 5.73 Å². The number of nitrogen functional groups attached to an aromatic ring is 1. The Hall–Kier alpha value is -1.42. The highest BCUT2D eigenvalue weighted by atomic mass is 35.5. The Morgan fingerprint density at radius 1 is 1.40 bits per heavy atom. The number of benzene rings is 1. The van der Waals surface area contributed by atoms with E-state index in [-0.39, 0.29) is 11.2 Å². The molecular weight excluding hydrogens is 222 g/mol. The van der Waals surface area contributed by atoms with Crippen LogP contribution in [0.25, 0.3) is 10.9 Å². The van der Waals surface area contributed by atoms with Crippen LogP contribution in [-0.2, 0) is 0 Å². The van der Waals surface area contributed by atoms with Gasteiger partial charge in [0.1, 0.15) is 0 Å². The minimum Gasteiger partial charge on any atom is -0.394 e. The van der Waals surface area contributed by atoms with Crippen molar-refractivity contribution in [3.63, 3.8) is 0 Å². The molecule has 0 unspecified atom stereocenters. The van der Waals surface area contributed by atoms with Crippen molar-refractivity contribution in [3.05, 3.63) is 34.5 Å². The zero-order valence-electron chi connectivity index (χ0n) is 7.81. The maximum absolute atomic E-state index is 13.1. The van der Waals surface area contributed by atoms with Crippen LogP contribution in [0.5, 0.6) is 0 Å². The highest BCUT2D eigenvalue weighted by Crippen LogP contribution is 2.31. The summed E-state index contributed by atoms with van der Waals surface area (Å²) in [4.78, 5) is 3.93. The minimum absolute atomic E-state index is 0.185. The third-order valence-electron chi connectivity index (χ3n) is 2.20. The Labute approximate surface area is 89.7 Å². The fourth-order valence-electron chi connectivity index (χ4n) is 1.37. The second-order valence-corrected chi connectivity index (χ2v) is 3.62. The van der Waals surface area contributed by atoms with E-state index in [2.05, 4.69) is 4.98 Å². The summed E-state index contributed by atoms with van der Waals surface area (Å²) in [6, 6.07) is 1.00. The first kappa shape index (κ1) is 10.1. The molecule has 2 N–H and O–H groups in total. The molecule has 0 aliphatic rings. The lowest BCUT2D eigenvalue weighted by Crippen LogP contribution is -1.98. The summed E-state index contributed by atoms with van der Waals surface area (Å²) < 4.78 is 26.2. The van der Waals surface area contributed by atoms with Crippen molar-refractivity contribution in [2.24, 2.45) is 0 Å². The van der Waals surface area contributed by atoms with Crippen molar-refractivity contribution in [2.45, 2.75) is 6.92 Å². The molecule has 0 aliphatic heterocycles.